The molecule has 0 radical (unpaired) electrons. The molecule has 0 unspecified atom stereocenters. The van der Waals surface area contributed by atoms with Crippen molar-refractivity contribution in [3.05, 3.63) is 63.7 Å². The summed E-state index contributed by atoms with van der Waals surface area (Å²) in [6.07, 6.45) is 0. The zero-order valence-corrected chi connectivity index (χ0v) is 17.2. The molecule has 10 heteroatoms. The molecular formula is C19H23N3O6S. The maximum Gasteiger partial charge on any atom is 0.321 e. The molecule has 2 aromatic rings. The van der Waals surface area contributed by atoms with Crippen LogP contribution in [-0.4, -0.2) is 31.9 Å². The second kappa shape index (κ2) is 9.48. The zero-order valence-electron chi connectivity index (χ0n) is 16.3. The van der Waals surface area contributed by atoms with Gasteiger partial charge in [-0.15, -0.1) is 0 Å². The van der Waals surface area contributed by atoms with E-state index in [0.717, 1.165) is 17.2 Å². The maximum absolute atomic E-state index is 12.4. The van der Waals surface area contributed by atoms with Crippen molar-refractivity contribution >= 4 is 27.4 Å². The lowest BCUT2D eigenvalue weighted by Gasteiger charge is -2.12. The summed E-state index contributed by atoms with van der Waals surface area (Å²) in [7, 11) is -4.13. The van der Waals surface area contributed by atoms with Crippen LogP contribution in [0.1, 0.15) is 25.0 Å². The van der Waals surface area contributed by atoms with Crippen molar-refractivity contribution in [2.24, 2.45) is 0 Å². The van der Waals surface area contributed by atoms with E-state index in [-0.39, 0.29) is 28.9 Å². The average molecular weight is 421 g/mol. The van der Waals surface area contributed by atoms with Gasteiger partial charge in [0, 0.05) is 12.1 Å². The number of carbonyl (C=O) groups excluding carboxylic acids is 1. The highest BCUT2D eigenvalue weighted by atomic mass is 32.2. The first-order chi connectivity index (χ1) is 13.6. The number of nitro groups is 1. The minimum atomic E-state index is -4.13. The Labute approximate surface area is 169 Å². The van der Waals surface area contributed by atoms with Gasteiger partial charge in [-0.25, -0.2) is 8.42 Å². The number of carbonyl (C=O) groups is 1. The van der Waals surface area contributed by atoms with Crippen molar-refractivity contribution < 1.29 is 22.9 Å². The van der Waals surface area contributed by atoms with Gasteiger partial charge in [-0.1, -0.05) is 29.8 Å². The van der Waals surface area contributed by atoms with Crippen LogP contribution in [0.3, 0.4) is 0 Å². The normalized spacial score (nSPS) is 11.3. The maximum atomic E-state index is 12.4. The lowest BCUT2D eigenvalue weighted by molar-refractivity contribution is -0.384. The molecule has 0 saturated heterocycles. The SMILES string of the molecule is Cc1cccc(COC(=O)CNS(=O)(=O)c2ccc(NC(C)C)c([N+](=O)[O-])c2)c1. The predicted molar refractivity (Wildman–Crippen MR) is 108 cm³/mol. The van der Waals surface area contributed by atoms with E-state index >= 15 is 0 Å². The molecule has 0 amide bonds. The molecule has 2 N–H and O–H groups in total. The summed E-state index contributed by atoms with van der Waals surface area (Å²) in [5.41, 5.74) is 1.63. The van der Waals surface area contributed by atoms with E-state index in [1.807, 2.05) is 25.1 Å². The number of nitrogens with zero attached hydrogens (tertiary/aromatic N) is 1. The largest absolute Gasteiger partial charge is 0.460 e. The van der Waals surface area contributed by atoms with Crippen molar-refractivity contribution in [3.63, 3.8) is 0 Å². The van der Waals surface area contributed by atoms with E-state index in [2.05, 4.69) is 10.0 Å². The molecule has 2 aromatic carbocycles. The highest BCUT2D eigenvalue weighted by Gasteiger charge is 2.22. The van der Waals surface area contributed by atoms with E-state index < -0.39 is 27.5 Å². The van der Waals surface area contributed by atoms with Crippen molar-refractivity contribution in [2.75, 3.05) is 11.9 Å². The summed E-state index contributed by atoms with van der Waals surface area (Å²) in [6, 6.07) is 10.8. The number of rotatable bonds is 9. The van der Waals surface area contributed by atoms with Crippen LogP contribution in [0, 0.1) is 17.0 Å². The van der Waals surface area contributed by atoms with Crippen LogP contribution >= 0.6 is 0 Å². The van der Waals surface area contributed by atoms with Gasteiger partial charge in [0.15, 0.2) is 0 Å². The Balaban J connectivity index is 2.03. The molecule has 0 aliphatic rings. The Bertz CT molecular complexity index is 1000. The summed E-state index contributed by atoms with van der Waals surface area (Å²) in [5.74, 6) is -0.761. The molecule has 9 nitrogen and oxygen atoms in total. The molecular weight excluding hydrogens is 398 g/mol. The van der Waals surface area contributed by atoms with E-state index in [4.69, 9.17) is 4.74 Å². The van der Waals surface area contributed by atoms with Crippen molar-refractivity contribution in [1.82, 2.24) is 4.72 Å². The molecule has 0 fully saturated rings. The van der Waals surface area contributed by atoms with Crippen LogP contribution in [0.15, 0.2) is 47.4 Å². The van der Waals surface area contributed by atoms with Crippen LogP contribution in [0.4, 0.5) is 11.4 Å². The summed E-state index contributed by atoms with van der Waals surface area (Å²) in [6.45, 7) is 4.94. The standard InChI is InChI=1S/C19H23N3O6S/c1-13(2)21-17-8-7-16(10-18(17)22(24)25)29(26,27)20-11-19(23)28-12-15-6-4-5-14(3)9-15/h4-10,13,20-21H,11-12H2,1-3H3. The first-order valence-corrected chi connectivity index (χ1v) is 10.3. The van der Waals surface area contributed by atoms with Crippen molar-refractivity contribution in [1.29, 1.82) is 0 Å². The van der Waals surface area contributed by atoms with E-state index in [0.29, 0.717) is 0 Å². The third-order valence-corrected chi connectivity index (χ3v) is 5.21. The number of benzene rings is 2. The fraction of sp³-hybridized carbons (Fsp3) is 0.316. The lowest BCUT2D eigenvalue weighted by atomic mass is 10.1. The third-order valence-electron chi connectivity index (χ3n) is 3.81. The number of nitrogens with one attached hydrogen (secondary N) is 2. The Morgan fingerprint density at radius 1 is 1.21 bits per heavy atom. The van der Waals surface area contributed by atoms with Crippen LogP contribution < -0.4 is 10.0 Å². The monoisotopic (exact) mass is 421 g/mol. The number of hydrogen-bond acceptors (Lipinski definition) is 7. The summed E-state index contributed by atoms with van der Waals surface area (Å²) in [4.78, 5) is 22.1. The van der Waals surface area contributed by atoms with Crippen LogP contribution in [0.2, 0.25) is 0 Å². The second-order valence-electron chi connectivity index (χ2n) is 6.71. The molecule has 156 valence electrons. The van der Waals surface area contributed by atoms with Gasteiger partial charge in [-0.2, -0.15) is 4.72 Å². The smallest absolute Gasteiger partial charge is 0.321 e. The van der Waals surface area contributed by atoms with E-state index in [1.54, 1.807) is 19.9 Å². The van der Waals surface area contributed by atoms with Crippen molar-refractivity contribution in [3.8, 4) is 0 Å². The zero-order chi connectivity index (χ0) is 21.6. The molecule has 0 saturated carbocycles. The van der Waals surface area contributed by atoms with Gasteiger partial charge in [0.2, 0.25) is 10.0 Å². The molecule has 0 aliphatic carbocycles. The number of aryl methyl sites for hydroxylation is 1. The second-order valence-corrected chi connectivity index (χ2v) is 8.48. The molecule has 0 aliphatic heterocycles. The number of hydrogen-bond donors (Lipinski definition) is 2. The van der Waals surface area contributed by atoms with E-state index in [9.17, 15) is 23.3 Å². The number of ether oxygens (including phenoxy) is 1. The lowest BCUT2D eigenvalue weighted by Crippen LogP contribution is -2.30. The summed E-state index contributed by atoms with van der Waals surface area (Å²) in [5, 5.41) is 14.2. The number of sulfonamides is 1. The Morgan fingerprint density at radius 2 is 1.93 bits per heavy atom. The van der Waals surface area contributed by atoms with Gasteiger partial charge < -0.3 is 10.1 Å². The predicted octanol–water partition coefficient (Wildman–Crippen LogP) is 2.75. The number of esters is 1. The molecule has 0 aromatic heterocycles. The highest BCUT2D eigenvalue weighted by Crippen LogP contribution is 2.28. The molecule has 0 bridgehead atoms. The van der Waals surface area contributed by atoms with Gasteiger partial charge >= 0.3 is 5.97 Å². The first kappa shape index (κ1) is 22.3. The highest BCUT2D eigenvalue weighted by molar-refractivity contribution is 7.89. The summed E-state index contributed by atoms with van der Waals surface area (Å²) < 4.78 is 32.0. The summed E-state index contributed by atoms with van der Waals surface area (Å²) >= 11 is 0. The minimum Gasteiger partial charge on any atom is -0.460 e. The van der Waals surface area contributed by atoms with Gasteiger partial charge in [-0.3, -0.25) is 14.9 Å². The molecule has 0 heterocycles. The van der Waals surface area contributed by atoms with Crippen LogP contribution in [-0.2, 0) is 26.2 Å². The Morgan fingerprint density at radius 3 is 2.55 bits per heavy atom. The number of nitro benzene ring substituents is 1. The molecule has 0 atom stereocenters. The van der Waals surface area contributed by atoms with Crippen molar-refractivity contribution in [2.45, 2.75) is 38.3 Å². The third kappa shape index (κ3) is 6.54. The average Bonchev–Trinajstić information content (AvgIpc) is 2.64. The van der Waals surface area contributed by atoms with Crippen LogP contribution in [0.5, 0.6) is 0 Å². The fourth-order valence-corrected chi connectivity index (χ4v) is 3.51. The topological polar surface area (TPSA) is 128 Å². The molecule has 0 spiro atoms. The minimum absolute atomic E-state index is 0.0171. The number of anilines is 1. The fourth-order valence-electron chi connectivity index (χ4n) is 2.52. The van der Waals surface area contributed by atoms with Gasteiger partial charge in [0.05, 0.1) is 9.82 Å². The molecule has 2 rings (SSSR count). The Hall–Kier alpha value is -2.98. The van der Waals surface area contributed by atoms with E-state index in [1.165, 1.54) is 12.1 Å². The molecule has 29 heavy (non-hydrogen) atoms. The van der Waals surface area contributed by atoms with Crippen LogP contribution in [0.25, 0.3) is 0 Å². The van der Waals surface area contributed by atoms with Gasteiger partial charge in [0.25, 0.3) is 5.69 Å². The quantitative estimate of drug-likeness (QED) is 0.362. The van der Waals surface area contributed by atoms with Gasteiger partial charge in [-0.05, 0) is 38.5 Å². The van der Waals surface area contributed by atoms with Gasteiger partial charge in [0.1, 0.15) is 18.8 Å². The Kier molecular flexibility index (Phi) is 7.29. The first-order valence-electron chi connectivity index (χ1n) is 8.84.